The fourth-order valence-corrected chi connectivity index (χ4v) is 3.62. The van der Waals surface area contributed by atoms with Crippen molar-refractivity contribution in [1.29, 1.82) is 0 Å². The maximum atomic E-state index is 11.1. The highest BCUT2D eigenvalue weighted by molar-refractivity contribution is 7.88. The molecular weight excluding hydrogens is 306 g/mol. The molecule has 0 spiro atoms. The van der Waals surface area contributed by atoms with Crippen LogP contribution in [0.3, 0.4) is 0 Å². The van der Waals surface area contributed by atoms with Crippen LogP contribution in [0.15, 0.2) is 30.3 Å². The molecule has 0 saturated heterocycles. The SMILES string of the molecule is CC(C)(C)C1CC=C(c2ccc(CCNS(C)(=O)=O)cc2)CC1. The molecule has 3 nitrogen and oxygen atoms in total. The summed E-state index contributed by atoms with van der Waals surface area (Å²) < 4.78 is 24.6. The van der Waals surface area contributed by atoms with Crippen LogP contribution in [0.25, 0.3) is 5.57 Å². The Bertz CT molecular complexity index is 652. The number of sulfonamides is 1. The summed E-state index contributed by atoms with van der Waals surface area (Å²) in [4.78, 5) is 0. The van der Waals surface area contributed by atoms with Crippen molar-refractivity contribution in [3.63, 3.8) is 0 Å². The fraction of sp³-hybridized carbons (Fsp3) is 0.579. The molecule has 23 heavy (non-hydrogen) atoms. The van der Waals surface area contributed by atoms with Crippen LogP contribution < -0.4 is 4.72 Å². The van der Waals surface area contributed by atoms with E-state index in [1.807, 2.05) is 0 Å². The third-order valence-corrected chi connectivity index (χ3v) is 5.47. The summed E-state index contributed by atoms with van der Waals surface area (Å²) in [6, 6.07) is 8.55. The molecule has 0 saturated carbocycles. The molecule has 0 fully saturated rings. The molecule has 0 heterocycles. The minimum Gasteiger partial charge on any atom is -0.215 e. The van der Waals surface area contributed by atoms with Crippen LogP contribution in [0, 0.1) is 11.3 Å². The predicted molar refractivity (Wildman–Crippen MR) is 97.8 cm³/mol. The van der Waals surface area contributed by atoms with Gasteiger partial charge in [-0.1, -0.05) is 51.1 Å². The van der Waals surface area contributed by atoms with Crippen LogP contribution in [0.1, 0.15) is 51.2 Å². The lowest BCUT2D eigenvalue weighted by atomic mass is 9.72. The van der Waals surface area contributed by atoms with E-state index in [-0.39, 0.29) is 0 Å². The minimum absolute atomic E-state index is 0.387. The van der Waals surface area contributed by atoms with Gasteiger partial charge >= 0.3 is 0 Å². The first kappa shape index (κ1) is 18.2. The van der Waals surface area contributed by atoms with E-state index in [2.05, 4.69) is 55.8 Å². The Labute approximate surface area is 141 Å². The zero-order valence-corrected chi connectivity index (χ0v) is 15.5. The van der Waals surface area contributed by atoms with Gasteiger partial charge in [0, 0.05) is 6.54 Å². The van der Waals surface area contributed by atoms with Crippen LogP contribution in [0.4, 0.5) is 0 Å². The molecule has 0 aliphatic heterocycles. The second-order valence-electron chi connectivity index (χ2n) is 7.68. The Kier molecular flexibility index (Phi) is 5.69. The highest BCUT2D eigenvalue weighted by Crippen LogP contribution is 2.39. The summed E-state index contributed by atoms with van der Waals surface area (Å²) in [5, 5.41) is 0. The summed E-state index contributed by atoms with van der Waals surface area (Å²) in [7, 11) is -3.10. The van der Waals surface area contributed by atoms with E-state index in [0.717, 1.165) is 24.3 Å². The van der Waals surface area contributed by atoms with Gasteiger partial charge in [-0.3, -0.25) is 0 Å². The third-order valence-electron chi connectivity index (χ3n) is 4.74. The van der Waals surface area contributed by atoms with E-state index in [0.29, 0.717) is 12.0 Å². The van der Waals surface area contributed by atoms with Crippen LogP contribution in [-0.4, -0.2) is 21.2 Å². The number of hydrogen-bond acceptors (Lipinski definition) is 2. The van der Waals surface area contributed by atoms with E-state index in [1.54, 1.807) is 0 Å². The normalized spacial score (nSPS) is 19.5. The maximum Gasteiger partial charge on any atom is 0.208 e. The smallest absolute Gasteiger partial charge is 0.208 e. The van der Waals surface area contributed by atoms with E-state index in [9.17, 15) is 8.42 Å². The van der Waals surface area contributed by atoms with E-state index < -0.39 is 10.0 Å². The molecule has 0 bridgehead atoms. The molecule has 0 aromatic heterocycles. The number of nitrogens with one attached hydrogen (secondary N) is 1. The Morgan fingerprint density at radius 1 is 1.17 bits per heavy atom. The van der Waals surface area contributed by atoms with E-state index >= 15 is 0 Å². The molecule has 1 aromatic rings. The van der Waals surface area contributed by atoms with E-state index in [4.69, 9.17) is 0 Å². The van der Waals surface area contributed by atoms with Gasteiger partial charge in [-0.15, -0.1) is 0 Å². The van der Waals surface area contributed by atoms with Crippen LogP contribution >= 0.6 is 0 Å². The van der Waals surface area contributed by atoms with Gasteiger partial charge in [0.05, 0.1) is 6.26 Å². The summed E-state index contributed by atoms with van der Waals surface area (Å²) in [6.07, 6.45) is 7.89. The summed E-state index contributed by atoms with van der Waals surface area (Å²) in [5.74, 6) is 0.771. The van der Waals surface area contributed by atoms with Gasteiger partial charge in [-0.25, -0.2) is 13.1 Å². The molecule has 1 aliphatic carbocycles. The number of benzene rings is 1. The number of hydrogen-bond donors (Lipinski definition) is 1. The molecule has 1 N–H and O–H groups in total. The zero-order valence-electron chi connectivity index (χ0n) is 14.7. The van der Waals surface area contributed by atoms with Gasteiger partial charge in [0.2, 0.25) is 10.0 Å². The molecule has 1 aliphatic rings. The first-order chi connectivity index (χ1) is 10.6. The van der Waals surface area contributed by atoms with Gasteiger partial charge < -0.3 is 0 Å². The third kappa shape index (κ3) is 5.78. The quantitative estimate of drug-likeness (QED) is 0.884. The van der Waals surface area contributed by atoms with Crippen LogP contribution in [0.2, 0.25) is 0 Å². The van der Waals surface area contributed by atoms with E-state index in [1.165, 1.54) is 30.2 Å². The average Bonchev–Trinajstić information content (AvgIpc) is 2.46. The minimum atomic E-state index is -3.10. The molecular formula is C19H29NO2S. The van der Waals surface area contributed by atoms with Gasteiger partial charge in [0.1, 0.15) is 0 Å². The standard InChI is InChI=1S/C19H29NO2S/c1-19(2,3)18-11-9-17(10-12-18)16-7-5-15(6-8-16)13-14-20-23(4,21)22/h5-9,18,20H,10-14H2,1-4H3. The van der Waals surface area contributed by atoms with Gasteiger partial charge in [-0.2, -0.15) is 0 Å². The lowest BCUT2D eigenvalue weighted by molar-refractivity contribution is 0.225. The van der Waals surface area contributed by atoms with Gasteiger partial charge in [0.15, 0.2) is 0 Å². The molecule has 4 heteroatoms. The molecule has 128 valence electrons. The summed E-state index contributed by atoms with van der Waals surface area (Å²) in [5.41, 5.74) is 4.30. The summed E-state index contributed by atoms with van der Waals surface area (Å²) in [6.45, 7) is 7.44. The Morgan fingerprint density at radius 2 is 1.83 bits per heavy atom. The average molecular weight is 336 g/mol. The highest BCUT2D eigenvalue weighted by Gasteiger charge is 2.26. The van der Waals surface area contributed by atoms with Crippen molar-refractivity contribution in [2.75, 3.05) is 12.8 Å². The fourth-order valence-electron chi connectivity index (χ4n) is 3.15. The highest BCUT2D eigenvalue weighted by atomic mass is 32.2. The number of rotatable bonds is 5. The van der Waals surface area contributed by atoms with Crippen LogP contribution in [-0.2, 0) is 16.4 Å². The Morgan fingerprint density at radius 3 is 2.30 bits per heavy atom. The van der Waals surface area contributed by atoms with Crippen molar-refractivity contribution in [1.82, 2.24) is 4.72 Å². The van der Waals surface area contributed by atoms with Crippen molar-refractivity contribution < 1.29 is 8.42 Å². The van der Waals surface area contributed by atoms with Crippen LogP contribution in [0.5, 0.6) is 0 Å². The topological polar surface area (TPSA) is 46.2 Å². The van der Waals surface area contributed by atoms with Gasteiger partial charge in [0.25, 0.3) is 0 Å². The molecule has 1 unspecified atom stereocenters. The van der Waals surface area contributed by atoms with Crippen molar-refractivity contribution in [3.8, 4) is 0 Å². The Balaban J connectivity index is 1.94. The van der Waals surface area contributed by atoms with Crippen molar-refractivity contribution in [2.45, 2.75) is 46.5 Å². The lowest BCUT2D eigenvalue weighted by Crippen LogP contribution is -2.24. The maximum absolute atomic E-state index is 11.1. The zero-order chi connectivity index (χ0) is 17.1. The first-order valence-corrected chi connectivity index (χ1v) is 10.3. The van der Waals surface area contributed by atoms with Crippen molar-refractivity contribution in [3.05, 3.63) is 41.5 Å². The van der Waals surface area contributed by atoms with Crippen molar-refractivity contribution in [2.24, 2.45) is 11.3 Å². The predicted octanol–water partition coefficient (Wildman–Crippen LogP) is 4.01. The second-order valence-corrected chi connectivity index (χ2v) is 9.51. The first-order valence-electron chi connectivity index (χ1n) is 8.38. The summed E-state index contributed by atoms with van der Waals surface area (Å²) >= 11 is 0. The lowest BCUT2D eigenvalue weighted by Gasteiger charge is -2.33. The largest absolute Gasteiger partial charge is 0.215 e. The molecule has 1 aromatic carbocycles. The van der Waals surface area contributed by atoms with Crippen molar-refractivity contribution >= 4 is 15.6 Å². The molecule has 1 atom stereocenters. The molecule has 2 rings (SSSR count). The second kappa shape index (κ2) is 7.18. The van der Waals surface area contributed by atoms with Gasteiger partial charge in [-0.05, 0) is 53.7 Å². The Hall–Kier alpha value is -1.13. The molecule has 0 amide bonds. The molecule has 0 radical (unpaired) electrons. The number of allylic oxidation sites excluding steroid dienone is 2. The monoisotopic (exact) mass is 335 g/mol.